The average Bonchev–Trinajstić information content (AvgIpc) is 2.80. The van der Waals surface area contributed by atoms with Gasteiger partial charge in [0.1, 0.15) is 4.88 Å². The summed E-state index contributed by atoms with van der Waals surface area (Å²) < 4.78 is 26.8. The Labute approximate surface area is 134 Å². The Balaban J connectivity index is 2.27. The molecular formula is C15H18N2O3S2. The summed E-state index contributed by atoms with van der Waals surface area (Å²) in [5, 5.41) is 0.846. The molecule has 0 aliphatic heterocycles. The molecule has 1 N–H and O–H groups in total. The lowest BCUT2D eigenvalue weighted by Gasteiger charge is -2.08. The van der Waals surface area contributed by atoms with Crippen molar-refractivity contribution >= 4 is 27.3 Å². The van der Waals surface area contributed by atoms with E-state index in [2.05, 4.69) is 9.71 Å². The van der Waals surface area contributed by atoms with Gasteiger partial charge in [0.15, 0.2) is 0 Å². The average molecular weight is 338 g/mol. The van der Waals surface area contributed by atoms with Gasteiger partial charge in [-0.3, -0.25) is 4.79 Å². The van der Waals surface area contributed by atoms with Crippen molar-refractivity contribution in [2.45, 2.75) is 38.5 Å². The van der Waals surface area contributed by atoms with Crippen molar-refractivity contribution in [2.75, 3.05) is 0 Å². The summed E-state index contributed by atoms with van der Waals surface area (Å²) in [5.74, 6) is -0.624. The monoisotopic (exact) mass is 338 g/mol. The lowest BCUT2D eigenvalue weighted by atomic mass is 10.2. The third-order valence-electron chi connectivity index (χ3n) is 3.12. The molecule has 1 aromatic heterocycles. The van der Waals surface area contributed by atoms with Gasteiger partial charge >= 0.3 is 0 Å². The Morgan fingerprint density at radius 2 is 1.95 bits per heavy atom. The second kappa shape index (κ2) is 6.58. The number of nitrogens with one attached hydrogen (secondary N) is 1. The van der Waals surface area contributed by atoms with E-state index in [-0.39, 0.29) is 4.90 Å². The van der Waals surface area contributed by atoms with Crippen LogP contribution in [0.1, 0.15) is 39.3 Å². The number of aryl methyl sites for hydroxylation is 3. The summed E-state index contributed by atoms with van der Waals surface area (Å²) in [6, 6.07) is 6.55. The van der Waals surface area contributed by atoms with Gasteiger partial charge in [0.2, 0.25) is 0 Å². The lowest BCUT2D eigenvalue weighted by molar-refractivity contribution is 0.0984. The highest BCUT2D eigenvalue weighted by Gasteiger charge is 2.23. The molecule has 1 heterocycles. The van der Waals surface area contributed by atoms with Crippen LogP contribution in [0, 0.1) is 13.8 Å². The SMILES string of the molecule is CCCc1nc(C)c(C(=O)NS(=O)(=O)c2ccccc2C)s1. The Kier molecular flexibility index (Phi) is 4.97. The van der Waals surface area contributed by atoms with Crippen molar-refractivity contribution in [3.8, 4) is 0 Å². The zero-order valence-electron chi connectivity index (χ0n) is 12.7. The first-order chi connectivity index (χ1) is 10.3. The Morgan fingerprint density at radius 3 is 2.59 bits per heavy atom. The van der Waals surface area contributed by atoms with Crippen LogP contribution >= 0.6 is 11.3 Å². The van der Waals surface area contributed by atoms with E-state index in [1.165, 1.54) is 17.4 Å². The minimum absolute atomic E-state index is 0.110. The minimum Gasteiger partial charge on any atom is -0.267 e. The highest BCUT2D eigenvalue weighted by Crippen LogP contribution is 2.21. The zero-order valence-corrected chi connectivity index (χ0v) is 14.3. The van der Waals surface area contributed by atoms with Crippen molar-refractivity contribution in [1.29, 1.82) is 0 Å². The van der Waals surface area contributed by atoms with E-state index < -0.39 is 15.9 Å². The van der Waals surface area contributed by atoms with Crippen LogP contribution in [0.15, 0.2) is 29.2 Å². The maximum atomic E-state index is 12.3. The van der Waals surface area contributed by atoms with E-state index >= 15 is 0 Å². The number of nitrogens with zero attached hydrogens (tertiary/aromatic N) is 1. The molecule has 1 amide bonds. The highest BCUT2D eigenvalue weighted by molar-refractivity contribution is 7.90. The smallest absolute Gasteiger partial charge is 0.267 e. The summed E-state index contributed by atoms with van der Waals surface area (Å²) in [5.41, 5.74) is 1.15. The Morgan fingerprint density at radius 1 is 1.27 bits per heavy atom. The molecule has 5 nitrogen and oxygen atoms in total. The molecule has 0 radical (unpaired) electrons. The minimum atomic E-state index is -3.88. The molecule has 7 heteroatoms. The Bertz CT molecular complexity index is 795. The van der Waals surface area contributed by atoms with Gasteiger partial charge < -0.3 is 0 Å². The summed E-state index contributed by atoms with van der Waals surface area (Å²) in [7, 11) is -3.88. The number of sulfonamides is 1. The topological polar surface area (TPSA) is 76.1 Å². The molecule has 0 aliphatic carbocycles. The number of hydrogen-bond acceptors (Lipinski definition) is 5. The van der Waals surface area contributed by atoms with Crippen LogP contribution in [0.25, 0.3) is 0 Å². The fraction of sp³-hybridized carbons (Fsp3) is 0.333. The fourth-order valence-electron chi connectivity index (χ4n) is 2.07. The maximum absolute atomic E-state index is 12.3. The van der Waals surface area contributed by atoms with Gasteiger partial charge in [0.25, 0.3) is 15.9 Å². The van der Waals surface area contributed by atoms with Gasteiger partial charge in [-0.25, -0.2) is 18.1 Å². The van der Waals surface area contributed by atoms with Crippen LogP contribution in [0.3, 0.4) is 0 Å². The van der Waals surface area contributed by atoms with Gasteiger partial charge in [-0.05, 0) is 38.3 Å². The van der Waals surface area contributed by atoms with E-state index in [1.807, 2.05) is 6.92 Å². The molecule has 118 valence electrons. The Hall–Kier alpha value is -1.73. The third-order valence-corrected chi connectivity index (χ3v) is 5.83. The molecule has 0 atom stereocenters. The number of thiazole rings is 1. The standard InChI is InChI=1S/C15H18N2O3S2/c1-4-7-13-16-11(3)14(21-13)15(18)17-22(19,20)12-9-6-5-8-10(12)2/h5-6,8-9H,4,7H2,1-3H3,(H,17,18). The normalized spacial score (nSPS) is 11.4. The third kappa shape index (κ3) is 3.53. The molecule has 0 unspecified atom stereocenters. The van der Waals surface area contributed by atoms with Crippen LogP contribution in [-0.4, -0.2) is 19.3 Å². The molecule has 0 fully saturated rings. The quantitative estimate of drug-likeness (QED) is 0.909. The first kappa shape index (κ1) is 16.6. The van der Waals surface area contributed by atoms with Crippen LogP contribution in [0.5, 0.6) is 0 Å². The largest absolute Gasteiger partial charge is 0.276 e. The van der Waals surface area contributed by atoms with E-state index in [0.29, 0.717) is 16.1 Å². The summed E-state index contributed by atoms with van der Waals surface area (Å²) in [6.45, 7) is 5.43. The molecule has 1 aromatic carbocycles. The van der Waals surface area contributed by atoms with Crippen molar-refractivity contribution in [1.82, 2.24) is 9.71 Å². The first-order valence-corrected chi connectivity index (χ1v) is 9.24. The van der Waals surface area contributed by atoms with E-state index in [1.54, 1.807) is 32.0 Å². The van der Waals surface area contributed by atoms with Crippen LogP contribution in [0.4, 0.5) is 0 Å². The summed E-state index contributed by atoms with van der Waals surface area (Å²) >= 11 is 1.24. The number of aromatic nitrogens is 1. The maximum Gasteiger partial charge on any atom is 0.276 e. The molecule has 2 aromatic rings. The summed E-state index contributed by atoms with van der Waals surface area (Å²) in [4.78, 5) is 17.0. The van der Waals surface area contributed by atoms with Crippen LogP contribution in [-0.2, 0) is 16.4 Å². The molecule has 0 aliphatic rings. The van der Waals surface area contributed by atoms with Gasteiger partial charge in [-0.15, -0.1) is 11.3 Å². The molecule has 0 bridgehead atoms. The lowest BCUT2D eigenvalue weighted by Crippen LogP contribution is -2.30. The van der Waals surface area contributed by atoms with E-state index in [4.69, 9.17) is 0 Å². The first-order valence-electron chi connectivity index (χ1n) is 6.94. The summed E-state index contributed by atoms with van der Waals surface area (Å²) in [6.07, 6.45) is 1.71. The highest BCUT2D eigenvalue weighted by atomic mass is 32.2. The molecule has 22 heavy (non-hydrogen) atoms. The van der Waals surface area contributed by atoms with Crippen LogP contribution in [0.2, 0.25) is 0 Å². The second-order valence-corrected chi connectivity index (χ2v) is 7.71. The van der Waals surface area contributed by atoms with Gasteiger partial charge in [-0.1, -0.05) is 25.1 Å². The molecule has 0 spiro atoms. The van der Waals surface area contributed by atoms with Crippen molar-refractivity contribution in [3.63, 3.8) is 0 Å². The molecular weight excluding hydrogens is 320 g/mol. The predicted octanol–water partition coefficient (Wildman–Crippen LogP) is 2.83. The van der Waals surface area contributed by atoms with E-state index in [0.717, 1.165) is 17.8 Å². The number of benzene rings is 1. The second-order valence-electron chi connectivity index (χ2n) is 4.97. The van der Waals surface area contributed by atoms with Crippen molar-refractivity contribution < 1.29 is 13.2 Å². The van der Waals surface area contributed by atoms with Crippen LogP contribution < -0.4 is 4.72 Å². The number of rotatable bonds is 5. The van der Waals surface area contributed by atoms with Gasteiger partial charge in [0, 0.05) is 0 Å². The molecule has 0 saturated carbocycles. The predicted molar refractivity (Wildman–Crippen MR) is 86.7 cm³/mol. The van der Waals surface area contributed by atoms with Crippen molar-refractivity contribution in [2.24, 2.45) is 0 Å². The number of amides is 1. The fourth-order valence-corrected chi connectivity index (χ4v) is 4.40. The van der Waals surface area contributed by atoms with Crippen molar-refractivity contribution in [3.05, 3.63) is 45.4 Å². The molecule has 0 saturated heterocycles. The van der Waals surface area contributed by atoms with E-state index in [9.17, 15) is 13.2 Å². The van der Waals surface area contributed by atoms with Gasteiger partial charge in [-0.2, -0.15) is 0 Å². The molecule has 2 rings (SSSR count). The van der Waals surface area contributed by atoms with Gasteiger partial charge in [0.05, 0.1) is 15.6 Å². The number of hydrogen-bond donors (Lipinski definition) is 1. The zero-order chi connectivity index (χ0) is 16.3. The number of carbonyl (C=O) groups excluding carboxylic acids is 1. The number of carbonyl (C=O) groups is 1.